The smallest absolute Gasteiger partial charge is 0.317 e. The van der Waals surface area contributed by atoms with Gasteiger partial charge in [-0.25, -0.2) is 8.42 Å². The number of sulfonamides is 1. The second kappa shape index (κ2) is 7.42. The lowest BCUT2D eigenvalue weighted by Gasteiger charge is -2.26. The molecule has 0 fully saturated rings. The van der Waals surface area contributed by atoms with Gasteiger partial charge in [-0.3, -0.25) is 0 Å². The Bertz CT molecular complexity index is 432. The van der Waals surface area contributed by atoms with Crippen molar-refractivity contribution in [1.29, 1.82) is 0 Å². The number of rotatable bonds is 7. The molecule has 1 aliphatic rings. The molecule has 0 bridgehead atoms. The van der Waals surface area contributed by atoms with Crippen molar-refractivity contribution in [1.82, 2.24) is 9.62 Å². The Hall–Kier alpha value is -0.600. The summed E-state index contributed by atoms with van der Waals surface area (Å²) in [5.41, 5.74) is -0.629. The Balaban J connectivity index is 2.45. The van der Waals surface area contributed by atoms with Gasteiger partial charge in [0, 0.05) is 18.7 Å². The molecule has 0 aromatic rings. The molecule has 1 rings (SSSR count). The summed E-state index contributed by atoms with van der Waals surface area (Å²) in [6.07, 6.45) is -2.38. The first-order valence-corrected chi connectivity index (χ1v) is 8.33. The SMILES string of the molecule is CCNCCCCS(=O)(=O)N1CC=C(C(F)(F)F)CC1. The van der Waals surface area contributed by atoms with Gasteiger partial charge in [0.1, 0.15) is 0 Å². The number of unbranched alkanes of at least 4 members (excludes halogenated alkanes) is 1. The van der Waals surface area contributed by atoms with Gasteiger partial charge in [0.25, 0.3) is 0 Å². The van der Waals surface area contributed by atoms with Crippen LogP contribution in [0.5, 0.6) is 0 Å². The Morgan fingerprint density at radius 1 is 1.35 bits per heavy atom. The highest BCUT2D eigenvalue weighted by molar-refractivity contribution is 7.89. The summed E-state index contributed by atoms with van der Waals surface area (Å²) >= 11 is 0. The van der Waals surface area contributed by atoms with Gasteiger partial charge in [-0.15, -0.1) is 0 Å². The molecule has 0 radical (unpaired) electrons. The summed E-state index contributed by atoms with van der Waals surface area (Å²) in [5, 5.41) is 3.09. The standard InChI is InChI=1S/C12H21F3N2O2S/c1-2-16-7-3-4-10-20(18,19)17-8-5-11(6-9-17)12(13,14)15/h5,16H,2-4,6-10H2,1H3. The zero-order valence-electron chi connectivity index (χ0n) is 11.5. The van der Waals surface area contributed by atoms with Gasteiger partial charge >= 0.3 is 6.18 Å². The Morgan fingerprint density at radius 2 is 2.05 bits per heavy atom. The lowest BCUT2D eigenvalue weighted by Crippen LogP contribution is -2.38. The molecule has 1 heterocycles. The van der Waals surface area contributed by atoms with Crippen molar-refractivity contribution in [2.75, 3.05) is 31.9 Å². The van der Waals surface area contributed by atoms with Crippen molar-refractivity contribution in [2.24, 2.45) is 0 Å². The summed E-state index contributed by atoms with van der Waals surface area (Å²) in [6.45, 7) is 3.30. The van der Waals surface area contributed by atoms with Gasteiger partial charge in [0.15, 0.2) is 0 Å². The monoisotopic (exact) mass is 314 g/mol. The third-order valence-corrected chi connectivity index (χ3v) is 5.11. The third-order valence-electron chi connectivity index (χ3n) is 3.19. The van der Waals surface area contributed by atoms with Gasteiger partial charge in [-0.05, 0) is 32.4 Å². The van der Waals surface area contributed by atoms with Crippen LogP contribution in [-0.4, -0.2) is 50.8 Å². The predicted octanol–water partition coefficient (Wildman–Crippen LogP) is 1.90. The Kier molecular flexibility index (Phi) is 6.47. The minimum Gasteiger partial charge on any atom is -0.317 e. The number of nitrogens with zero attached hydrogens (tertiary/aromatic N) is 1. The van der Waals surface area contributed by atoms with Crippen molar-refractivity contribution in [3.63, 3.8) is 0 Å². The summed E-state index contributed by atoms with van der Waals surface area (Å²) in [5.74, 6) is -0.00636. The quantitative estimate of drug-likeness (QED) is 0.577. The fraction of sp³-hybridized carbons (Fsp3) is 0.833. The molecule has 20 heavy (non-hydrogen) atoms. The van der Waals surface area contributed by atoms with Gasteiger partial charge < -0.3 is 5.32 Å². The molecule has 1 aliphatic heterocycles. The number of halogens is 3. The predicted molar refractivity (Wildman–Crippen MR) is 71.9 cm³/mol. The highest BCUT2D eigenvalue weighted by atomic mass is 32.2. The first-order chi connectivity index (χ1) is 9.27. The Labute approximate surface area is 118 Å². The summed E-state index contributed by atoms with van der Waals surface area (Å²) in [4.78, 5) is 0. The second-order valence-corrected chi connectivity index (χ2v) is 6.80. The fourth-order valence-corrected chi connectivity index (χ4v) is 3.50. The summed E-state index contributed by atoms with van der Waals surface area (Å²) in [7, 11) is -3.45. The van der Waals surface area contributed by atoms with Gasteiger partial charge in [0.05, 0.1) is 5.75 Å². The van der Waals surface area contributed by atoms with Crippen LogP contribution in [0.3, 0.4) is 0 Å². The number of alkyl halides is 3. The van der Waals surface area contributed by atoms with Gasteiger partial charge in [-0.2, -0.15) is 17.5 Å². The van der Waals surface area contributed by atoms with Crippen LogP contribution in [0.25, 0.3) is 0 Å². The van der Waals surface area contributed by atoms with Crippen molar-refractivity contribution >= 4 is 10.0 Å². The minimum absolute atomic E-state index is 0.00636. The average molecular weight is 314 g/mol. The third kappa shape index (κ3) is 5.41. The van der Waals surface area contributed by atoms with Crippen LogP contribution in [0.1, 0.15) is 26.2 Å². The number of hydrogen-bond acceptors (Lipinski definition) is 3. The van der Waals surface area contributed by atoms with Crippen molar-refractivity contribution in [2.45, 2.75) is 32.4 Å². The van der Waals surface area contributed by atoms with Gasteiger partial charge in [-0.1, -0.05) is 13.0 Å². The molecule has 0 aliphatic carbocycles. The van der Waals surface area contributed by atoms with E-state index in [2.05, 4.69) is 5.32 Å². The number of nitrogens with one attached hydrogen (secondary N) is 1. The number of hydrogen-bond donors (Lipinski definition) is 1. The van der Waals surface area contributed by atoms with E-state index in [-0.39, 0.29) is 25.3 Å². The molecule has 0 atom stereocenters. The summed E-state index contributed by atoms with van der Waals surface area (Å²) in [6, 6.07) is 0. The lowest BCUT2D eigenvalue weighted by molar-refractivity contribution is -0.0953. The lowest BCUT2D eigenvalue weighted by atomic mass is 10.1. The molecular weight excluding hydrogens is 293 g/mol. The van der Waals surface area contributed by atoms with Crippen molar-refractivity contribution in [3.8, 4) is 0 Å². The molecule has 0 amide bonds. The van der Waals surface area contributed by atoms with E-state index in [0.717, 1.165) is 29.9 Å². The highest BCUT2D eigenvalue weighted by Gasteiger charge is 2.36. The first-order valence-electron chi connectivity index (χ1n) is 6.72. The van der Waals surface area contributed by atoms with E-state index in [4.69, 9.17) is 0 Å². The van der Waals surface area contributed by atoms with Gasteiger partial charge in [0.2, 0.25) is 10.0 Å². The Morgan fingerprint density at radius 3 is 2.55 bits per heavy atom. The van der Waals surface area contributed by atoms with E-state index in [9.17, 15) is 21.6 Å². The molecular formula is C12H21F3N2O2S. The molecule has 0 aromatic carbocycles. The molecule has 118 valence electrons. The highest BCUT2D eigenvalue weighted by Crippen LogP contribution is 2.30. The first kappa shape index (κ1) is 17.5. The van der Waals surface area contributed by atoms with E-state index in [1.165, 1.54) is 0 Å². The molecule has 0 saturated heterocycles. The van der Waals surface area contributed by atoms with Crippen LogP contribution in [0.4, 0.5) is 13.2 Å². The van der Waals surface area contributed by atoms with E-state index in [0.29, 0.717) is 6.42 Å². The molecule has 4 nitrogen and oxygen atoms in total. The summed E-state index contributed by atoms with van der Waals surface area (Å²) < 4.78 is 62.4. The van der Waals surface area contributed by atoms with Crippen LogP contribution in [-0.2, 0) is 10.0 Å². The molecule has 0 spiro atoms. The average Bonchev–Trinajstić information content (AvgIpc) is 2.37. The molecule has 0 aromatic heterocycles. The molecule has 8 heteroatoms. The van der Waals surface area contributed by atoms with Crippen molar-refractivity contribution in [3.05, 3.63) is 11.6 Å². The minimum atomic E-state index is -4.35. The van der Waals surface area contributed by atoms with E-state index in [1.54, 1.807) is 0 Å². The second-order valence-electron chi connectivity index (χ2n) is 4.71. The maximum Gasteiger partial charge on any atom is 0.412 e. The molecule has 0 saturated carbocycles. The van der Waals surface area contributed by atoms with Crippen LogP contribution in [0.2, 0.25) is 0 Å². The molecule has 0 unspecified atom stereocenters. The molecule has 1 N–H and O–H groups in total. The maximum absolute atomic E-state index is 12.4. The van der Waals surface area contributed by atoms with Crippen LogP contribution >= 0.6 is 0 Å². The van der Waals surface area contributed by atoms with Crippen LogP contribution < -0.4 is 5.32 Å². The zero-order chi connectivity index (χ0) is 15.2. The van der Waals surface area contributed by atoms with E-state index < -0.39 is 21.8 Å². The van der Waals surface area contributed by atoms with E-state index >= 15 is 0 Å². The fourth-order valence-electron chi connectivity index (χ4n) is 2.00. The van der Waals surface area contributed by atoms with Crippen LogP contribution in [0.15, 0.2) is 11.6 Å². The largest absolute Gasteiger partial charge is 0.412 e. The maximum atomic E-state index is 12.4. The van der Waals surface area contributed by atoms with Crippen LogP contribution in [0, 0.1) is 0 Å². The normalized spacial score (nSPS) is 18.1. The van der Waals surface area contributed by atoms with Crippen molar-refractivity contribution < 1.29 is 21.6 Å². The van der Waals surface area contributed by atoms with E-state index in [1.807, 2.05) is 6.92 Å². The zero-order valence-corrected chi connectivity index (χ0v) is 12.4. The topological polar surface area (TPSA) is 49.4 Å².